The lowest BCUT2D eigenvalue weighted by Crippen LogP contribution is -2.45. The standard InChI is InChI=1S/C14H16N2O4/c1-8-11(9-6-4-5-7-10(9)19-2)15-14(18)16-12(8)13(17)20-3/h4-7,11H,1-3H3,(H2,15,16,18). The van der Waals surface area contributed by atoms with Crippen molar-refractivity contribution in [2.24, 2.45) is 0 Å². The summed E-state index contributed by atoms with van der Waals surface area (Å²) in [6.45, 7) is 1.76. The lowest BCUT2D eigenvalue weighted by molar-refractivity contribution is -0.136. The van der Waals surface area contributed by atoms with Crippen molar-refractivity contribution in [2.75, 3.05) is 14.2 Å². The Morgan fingerprint density at radius 3 is 2.60 bits per heavy atom. The van der Waals surface area contributed by atoms with Gasteiger partial charge in [-0.15, -0.1) is 0 Å². The molecule has 0 saturated heterocycles. The van der Waals surface area contributed by atoms with E-state index in [0.717, 1.165) is 5.56 Å². The van der Waals surface area contributed by atoms with Gasteiger partial charge in [-0.3, -0.25) is 0 Å². The molecule has 6 nitrogen and oxygen atoms in total. The van der Waals surface area contributed by atoms with E-state index in [1.54, 1.807) is 20.1 Å². The van der Waals surface area contributed by atoms with Crippen LogP contribution in [-0.2, 0) is 9.53 Å². The summed E-state index contributed by atoms with van der Waals surface area (Å²) in [5.41, 5.74) is 1.61. The molecule has 1 aliphatic rings. The molecule has 0 fully saturated rings. The molecule has 0 aliphatic carbocycles. The molecule has 106 valence electrons. The average molecular weight is 276 g/mol. The van der Waals surface area contributed by atoms with Gasteiger partial charge in [-0.05, 0) is 18.6 Å². The number of hydrogen-bond acceptors (Lipinski definition) is 4. The Hall–Kier alpha value is -2.50. The van der Waals surface area contributed by atoms with Crippen molar-refractivity contribution in [3.8, 4) is 5.75 Å². The Morgan fingerprint density at radius 2 is 1.95 bits per heavy atom. The van der Waals surface area contributed by atoms with Crippen LogP contribution in [0.3, 0.4) is 0 Å². The van der Waals surface area contributed by atoms with E-state index in [9.17, 15) is 9.59 Å². The predicted molar refractivity (Wildman–Crippen MR) is 72.1 cm³/mol. The molecule has 0 radical (unpaired) electrons. The summed E-state index contributed by atoms with van der Waals surface area (Å²) in [5.74, 6) is 0.0699. The molecule has 0 aromatic heterocycles. The van der Waals surface area contributed by atoms with E-state index in [1.165, 1.54) is 7.11 Å². The molecule has 1 aliphatic heterocycles. The van der Waals surface area contributed by atoms with Crippen LogP contribution in [0.5, 0.6) is 5.75 Å². The quantitative estimate of drug-likeness (QED) is 0.820. The van der Waals surface area contributed by atoms with Gasteiger partial charge in [0.25, 0.3) is 0 Å². The summed E-state index contributed by atoms with van der Waals surface area (Å²) in [4.78, 5) is 23.4. The zero-order chi connectivity index (χ0) is 14.7. The highest BCUT2D eigenvalue weighted by atomic mass is 16.5. The summed E-state index contributed by atoms with van der Waals surface area (Å²) in [5, 5.41) is 5.24. The summed E-state index contributed by atoms with van der Waals surface area (Å²) in [7, 11) is 2.83. The van der Waals surface area contributed by atoms with E-state index < -0.39 is 18.0 Å². The van der Waals surface area contributed by atoms with Crippen LogP contribution in [0.4, 0.5) is 4.79 Å². The number of ether oxygens (including phenoxy) is 2. The molecule has 1 aromatic rings. The third kappa shape index (κ3) is 2.45. The zero-order valence-corrected chi connectivity index (χ0v) is 11.5. The Balaban J connectivity index is 2.49. The van der Waals surface area contributed by atoms with Crippen molar-refractivity contribution in [2.45, 2.75) is 13.0 Å². The van der Waals surface area contributed by atoms with Gasteiger partial charge in [-0.2, -0.15) is 0 Å². The van der Waals surface area contributed by atoms with Gasteiger partial charge in [-0.25, -0.2) is 9.59 Å². The third-order valence-corrected chi connectivity index (χ3v) is 3.18. The van der Waals surface area contributed by atoms with Gasteiger partial charge in [-0.1, -0.05) is 18.2 Å². The molecule has 6 heteroatoms. The molecule has 1 unspecified atom stereocenters. The van der Waals surface area contributed by atoms with Gasteiger partial charge >= 0.3 is 12.0 Å². The molecule has 0 spiro atoms. The Bertz CT molecular complexity index is 580. The molecule has 1 heterocycles. The van der Waals surface area contributed by atoms with Crippen LogP contribution in [0.25, 0.3) is 0 Å². The third-order valence-electron chi connectivity index (χ3n) is 3.18. The van der Waals surface area contributed by atoms with E-state index in [2.05, 4.69) is 15.4 Å². The maximum atomic E-state index is 11.7. The highest BCUT2D eigenvalue weighted by Crippen LogP contribution is 2.32. The van der Waals surface area contributed by atoms with Crippen molar-refractivity contribution >= 4 is 12.0 Å². The van der Waals surface area contributed by atoms with Crippen LogP contribution in [0.2, 0.25) is 0 Å². The maximum absolute atomic E-state index is 11.7. The fraction of sp³-hybridized carbons (Fsp3) is 0.286. The number of nitrogens with one attached hydrogen (secondary N) is 2. The largest absolute Gasteiger partial charge is 0.496 e. The molecular formula is C14H16N2O4. The number of carbonyl (C=O) groups excluding carboxylic acids is 2. The minimum Gasteiger partial charge on any atom is -0.496 e. The summed E-state index contributed by atoms with van der Waals surface area (Å²) >= 11 is 0. The van der Waals surface area contributed by atoms with Gasteiger partial charge in [0.2, 0.25) is 0 Å². The molecule has 2 rings (SSSR count). The van der Waals surface area contributed by atoms with Gasteiger partial charge < -0.3 is 20.1 Å². The van der Waals surface area contributed by atoms with E-state index >= 15 is 0 Å². The van der Waals surface area contributed by atoms with Crippen molar-refractivity contribution < 1.29 is 19.1 Å². The minimum absolute atomic E-state index is 0.159. The molecule has 0 saturated carbocycles. The van der Waals surface area contributed by atoms with Crippen molar-refractivity contribution in [3.05, 3.63) is 41.1 Å². The molecule has 2 N–H and O–H groups in total. The fourth-order valence-corrected chi connectivity index (χ4v) is 2.16. The summed E-state index contributed by atoms with van der Waals surface area (Å²) in [6, 6.07) is 6.44. The number of urea groups is 1. The number of esters is 1. The van der Waals surface area contributed by atoms with Crippen LogP contribution < -0.4 is 15.4 Å². The Kier molecular flexibility index (Phi) is 3.93. The van der Waals surface area contributed by atoms with Gasteiger partial charge in [0.05, 0.1) is 20.3 Å². The highest BCUT2D eigenvalue weighted by molar-refractivity contribution is 5.96. The van der Waals surface area contributed by atoms with Crippen molar-refractivity contribution in [1.29, 1.82) is 0 Å². The number of methoxy groups -OCH3 is 2. The van der Waals surface area contributed by atoms with Crippen molar-refractivity contribution in [3.63, 3.8) is 0 Å². The first-order valence-electron chi connectivity index (χ1n) is 6.08. The second kappa shape index (κ2) is 5.64. The molecule has 2 amide bonds. The number of benzene rings is 1. The first-order chi connectivity index (χ1) is 9.58. The number of hydrogen-bond donors (Lipinski definition) is 2. The van der Waals surface area contributed by atoms with Crippen LogP contribution in [0.1, 0.15) is 18.5 Å². The second-order valence-corrected chi connectivity index (χ2v) is 4.32. The van der Waals surface area contributed by atoms with Crippen molar-refractivity contribution in [1.82, 2.24) is 10.6 Å². The smallest absolute Gasteiger partial charge is 0.354 e. The van der Waals surface area contributed by atoms with Gasteiger partial charge in [0, 0.05) is 5.56 Å². The van der Waals surface area contributed by atoms with Gasteiger partial charge in [0.15, 0.2) is 0 Å². The number of rotatable bonds is 3. The normalized spacial score (nSPS) is 18.1. The highest BCUT2D eigenvalue weighted by Gasteiger charge is 2.30. The van der Waals surface area contributed by atoms with E-state index in [4.69, 9.17) is 4.74 Å². The molecule has 1 aromatic carbocycles. The van der Waals surface area contributed by atoms with Crippen LogP contribution >= 0.6 is 0 Å². The molecule has 1 atom stereocenters. The molecular weight excluding hydrogens is 260 g/mol. The average Bonchev–Trinajstić information content (AvgIpc) is 2.48. The van der Waals surface area contributed by atoms with E-state index in [1.807, 2.05) is 18.2 Å². The maximum Gasteiger partial charge on any atom is 0.354 e. The predicted octanol–water partition coefficient (Wildman–Crippen LogP) is 1.50. The summed E-state index contributed by atoms with van der Waals surface area (Å²) < 4.78 is 9.97. The lowest BCUT2D eigenvalue weighted by Gasteiger charge is -2.28. The van der Waals surface area contributed by atoms with E-state index in [-0.39, 0.29) is 5.70 Å². The Morgan fingerprint density at radius 1 is 1.25 bits per heavy atom. The number of amides is 2. The zero-order valence-electron chi connectivity index (χ0n) is 11.5. The monoisotopic (exact) mass is 276 g/mol. The topological polar surface area (TPSA) is 76.7 Å². The number of para-hydroxylation sites is 1. The SMILES string of the molecule is COC(=O)C1=C(C)C(c2ccccc2OC)NC(=O)N1. The van der Waals surface area contributed by atoms with Crippen LogP contribution in [0.15, 0.2) is 35.5 Å². The lowest BCUT2D eigenvalue weighted by atomic mass is 9.96. The number of carbonyl (C=O) groups is 2. The Labute approximate surface area is 116 Å². The molecule has 0 bridgehead atoms. The van der Waals surface area contributed by atoms with Gasteiger partial charge in [0.1, 0.15) is 11.4 Å². The molecule has 20 heavy (non-hydrogen) atoms. The second-order valence-electron chi connectivity index (χ2n) is 4.32. The minimum atomic E-state index is -0.572. The van der Waals surface area contributed by atoms with Crippen LogP contribution in [0, 0.1) is 0 Å². The first kappa shape index (κ1) is 13.9. The van der Waals surface area contributed by atoms with Crippen LogP contribution in [-0.4, -0.2) is 26.2 Å². The first-order valence-corrected chi connectivity index (χ1v) is 6.08. The van der Waals surface area contributed by atoms with E-state index in [0.29, 0.717) is 11.3 Å². The fourth-order valence-electron chi connectivity index (χ4n) is 2.16. The summed E-state index contributed by atoms with van der Waals surface area (Å²) in [6.07, 6.45) is 0.